The Balaban J connectivity index is 1.23. The predicted molar refractivity (Wildman–Crippen MR) is 91.1 cm³/mol. The van der Waals surface area contributed by atoms with Gasteiger partial charge in [0.25, 0.3) is 11.8 Å². The summed E-state index contributed by atoms with van der Waals surface area (Å²) in [7, 11) is 0. The summed E-state index contributed by atoms with van der Waals surface area (Å²) in [6.07, 6.45) is 1.50. The number of fused-ring (bicyclic) bond motifs is 1. The lowest BCUT2D eigenvalue weighted by atomic mass is 10.3. The lowest BCUT2D eigenvalue weighted by Crippen LogP contribution is -2.12. The first kappa shape index (κ1) is 16.4. The van der Waals surface area contributed by atoms with E-state index in [9.17, 15) is 4.79 Å². The maximum absolute atomic E-state index is 11.7. The van der Waals surface area contributed by atoms with Gasteiger partial charge in [-0.2, -0.15) is 0 Å². The van der Waals surface area contributed by atoms with Crippen LogP contribution in [0.4, 0.5) is 0 Å². The van der Waals surface area contributed by atoms with Crippen molar-refractivity contribution in [2.75, 3.05) is 6.61 Å². The molecule has 0 aliphatic rings. The Labute approximate surface area is 151 Å². The van der Waals surface area contributed by atoms with E-state index >= 15 is 0 Å². The molecule has 0 aliphatic heterocycles. The van der Waals surface area contributed by atoms with E-state index in [1.54, 1.807) is 12.1 Å². The number of furan rings is 1. The smallest absolute Gasteiger partial charge is 0.332 e. The van der Waals surface area contributed by atoms with Crippen LogP contribution in [0.3, 0.4) is 0 Å². The van der Waals surface area contributed by atoms with Crippen LogP contribution in [-0.4, -0.2) is 27.8 Å². The first-order chi connectivity index (χ1) is 12.8. The third-order valence-electron chi connectivity index (χ3n) is 3.34. The van der Waals surface area contributed by atoms with Crippen LogP contribution in [0.5, 0.6) is 0 Å². The Morgan fingerprint density at radius 3 is 2.88 bits per heavy atom. The number of rotatable bonds is 7. The molecule has 3 aromatic heterocycles. The Morgan fingerprint density at radius 1 is 1.12 bits per heavy atom. The minimum absolute atomic E-state index is 0.128. The summed E-state index contributed by atoms with van der Waals surface area (Å²) in [5, 5.41) is 8.42. The third-order valence-corrected chi connectivity index (χ3v) is 4.35. The van der Waals surface area contributed by atoms with E-state index in [1.165, 1.54) is 17.6 Å². The summed E-state index contributed by atoms with van der Waals surface area (Å²) < 4.78 is 22.0. The van der Waals surface area contributed by atoms with E-state index in [1.807, 2.05) is 24.3 Å². The normalized spacial score (nSPS) is 11.1. The maximum Gasteiger partial charge on any atom is 0.332 e. The van der Waals surface area contributed by atoms with Crippen molar-refractivity contribution in [2.45, 2.75) is 13.2 Å². The lowest BCUT2D eigenvalue weighted by Gasteiger charge is -2.02. The number of ether oxygens (including phenoxy) is 2. The van der Waals surface area contributed by atoms with Gasteiger partial charge >= 0.3 is 5.97 Å². The van der Waals surface area contributed by atoms with Gasteiger partial charge in [0.1, 0.15) is 11.6 Å². The maximum atomic E-state index is 11.7. The molecule has 3 heterocycles. The van der Waals surface area contributed by atoms with Gasteiger partial charge in [-0.15, -0.1) is 21.5 Å². The molecule has 4 rings (SSSR count). The van der Waals surface area contributed by atoms with Gasteiger partial charge in [0.2, 0.25) is 0 Å². The van der Waals surface area contributed by atoms with E-state index in [4.69, 9.17) is 18.3 Å². The molecule has 1 aromatic carbocycles. The fourth-order valence-corrected chi connectivity index (χ4v) is 3.10. The van der Waals surface area contributed by atoms with Crippen molar-refractivity contribution in [3.8, 4) is 11.7 Å². The Hall–Kier alpha value is -3.04. The second-order valence-electron chi connectivity index (χ2n) is 5.21. The zero-order valence-corrected chi connectivity index (χ0v) is 14.3. The number of thiazole rings is 1. The van der Waals surface area contributed by atoms with Crippen LogP contribution in [0, 0.1) is 0 Å². The van der Waals surface area contributed by atoms with Gasteiger partial charge in [-0.3, -0.25) is 0 Å². The van der Waals surface area contributed by atoms with Gasteiger partial charge in [-0.25, -0.2) is 9.78 Å². The van der Waals surface area contributed by atoms with E-state index < -0.39 is 5.97 Å². The number of esters is 1. The highest BCUT2D eigenvalue weighted by Crippen LogP contribution is 2.22. The minimum Gasteiger partial charge on any atom is -0.459 e. The second-order valence-corrected chi connectivity index (χ2v) is 6.32. The molecule has 0 N–H and O–H groups in total. The van der Waals surface area contributed by atoms with E-state index in [2.05, 4.69) is 15.2 Å². The average Bonchev–Trinajstić information content (AvgIpc) is 3.38. The zero-order chi connectivity index (χ0) is 17.8. The van der Waals surface area contributed by atoms with Crippen LogP contribution < -0.4 is 0 Å². The number of hydrogen-bond donors (Lipinski definition) is 0. The van der Waals surface area contributed by atoms with Crippen molar-refractivity contribution >= 4 is 27.5 Å². The fraction of sp³-hybridized carbons (Fsp3) is 0.176. The van der Waals surface area contributed by atoms with Crippen LogP contribution in [0.1, 0.15) is 10.9 Å². The predicted octanol–water partition coefficient (Wildman–Crippen LogP) is 3.20. The highest BCUT2D eigenvalue weighted by atomic mass is 32.1. The molecule has 26 heavy (non-hydrogen) atoms. The van der Waals surface area contributed by atoms with E-state index in [0.717, 1.165) is 15.2 Å². The van der Waals surface area contributed by atoms with Gasteiger partial charge in [-0.05, 0) is 24.3 Å². The van der Waals surface area contributed by atoms with E-state index in [0.29, 0.717) is 5.76 Å². The van der Waals surface area contributed by atoms with Crippen molar-refractivity contribution in [1.82, 2.24) is 15.2 Å². The largest absolute Gasteiger partial charge is 0.459 e. The number of para-hydroxylation sites is 1. The summed E-state index contributed by atoms with van der Waals surface area (Å²) in [6, 6.07) is 11.2. The number of benzene rings is 1. The standard InChI is InChI=1S/C17H13N3O5S/c21-16(10-22-9-15-18-11-4-1-2-6-13(11)26-15)24-8-14-19-20-17(25-14)12-5-3-7-23-12/h1-7H,8-10H2. The van der Waals surface area contributed by atoms with Gasteiger partial charge in [0.05, 0.1) is 23.1 Å². The first-order valence-corrected chi connectivity index (χ1v) is 8.53. The van der Waals surface area contributed by atoms with E-state index in [-0.39, 0.29) is 31.6 Å². The number of hydrogen-bond acceptors (Lipinski definition) is 9. The highest BCUT2D eigenvalue weighted by molar-refractivity contribution is 7.18. The van der Waals surface area contributed by atoms with Gasteiger partial charge in [0.15, 0.2) is 12.4 Å². The Kier molecular flexibility index (Phi) is 4.71. The molecule has 0 saturated carbocycles. The molecule has 0 amide bonds. The quantitative estimate of drug-likeness (QED) is 0.457. The van der Waals surface area contributed by atoms with Crippen molar-refractivity contribution in [3.63, 3.8) is 0 Å². The number of aromatic nitrogens is 3. The molecule has 0 radical (unpaired) electrons. The molecule has 132 valence electrons. The number of carbonyl (C=O) groups is 1. The summed E-state index contributed by atoms with van der Waals surface area (Å²) in [5.41, 5.74) is 0.919. The molecule has 0 unspecified atom stereocenters. The van der Waals surface area contributed by atoms with Crippen LogP contribution in [0.25, 0.3) is 21.9 Å². The molecule has 9 heteroatoms. The summed E-state index contributed by atoms with van der Waals surface area (Å²) >= 11 is 1.53. The molecule has 0 atom stereocenters. The van der Waals surface area contributed by atoms with Crippen molar-refractivity contribution in [1.29, 1.82) is 0 Å². The minimum atomic E-state index is -0.524. The molecule has 8 nitrogen and oxygen atoms in total. The molecule has 0 fully saturated rings. The molecular weight excluding hydrogens is 358 g/mol. The Morgan fingerprint density at radius 2 is 2.04 bits per heavy atom. The summed E-state index contributed by atoms with van der Waals surface area (Å²) in [4.78, 5) is 16.2. The van der Waals surface area contributed by atoms with Crippen LogP contribution in [0.15, 0.2) is 51.5 Å². The number of carbonyl (C=O) groups excluding carboxylic acids is 1. The average molecular weight is 371 g/mol. The Bertz CT molecular complexity index is 975. The van der Waals surface area contributed by atoms with Gasteiger partial charge in [0, 0.05) is 0 Å². The van der Waals surface area contributed by atoms with Crippen molar-refractivity contribution in [2.24, 2.45) is 0 Å². The van der Waals surface area contributed by atoms with Gasteiger partial charge in [-0.1, -0.05) is 12.1 Å². The molecule has 0 aliphatic carbocycles. The zero-order valence-electron chi connectivity index (χ0n) is 13.5. The third kappa shape index (κ3) is 3.79. The monoisotopic (exact) mass is 371 g/mol. The van der Waals surface area contributed by atoms with Crippen molar-refractivity contribution in [3.05, 3.63) is 53.6 Å². The lowest BCUT2D eigenvalue weighted by molar-refractivity contribution is -0.151. The fourth-order valence-electron chi connectivity index (χ4n) is 2.20. The van der Waals surface area contributed by atoms with Crippen LogP contribution >= 0.6 is 11.3 Å². The van der Waals surface area contributed by atoms with Crippen molar-refractivity contribution < 1.29 is 23.1 Å². The molecule has 0 spiro atoms. The molecule has 4 aromatic rings. The van der Waals surface area contributed by atoms with Crippen LogP contribution in [0.2, 0.25) is 0 Å². The topological polar surface area (TPSA) is 100 Å². The summed E-state index contributed by atoms with van der Waals surface area (Å²) in [6.45, 7) is -0.0657. The first-order valence-electron chi connectivity index (χ1n) is 7.72. The van der Waals surface area contributed by atoms with Crippen LogP contribution in [-0.2, 0) is 27.5 Å². The highest BCUT2D eigenvalue weighted by Gasteiger charge is 2.13. The van der Waals surface area contributed by atoms with Gasteiger partial charge < -0.3 is 18.3 Å². The molecular formula is C17H13N3O5S. The molecule has 0 bridgehead atoms. The summed E-state index contributed by atoms with van der Waals surface area (Å²) in [5.74, 6) is 0.335. The SMILES string of the molecule is O=C(COCc1nc2ccccc2s1)OCc1nnc(-c2ccco2)o1. The molecule has 0 saturated heterocycles. The second kappa shape index (κ2) is 7.46. The number of nitrogens with zero attached hydrogens (tertiary/aromatic N) is 3.